The van der Waals surface area contributed by atoms with Gasteiger partial charge in [0.05, 0.1) is 4.47 Å². The lowest BCUT2D eigenvalue weighted by Gasteiger charge is -2.31. The van der Waals surface area contributed by atoms with Gasteiger partial charge in [0.25, 0.3) is 11.8 Å². The zero-order chi connectivity index (χ0) is 20.4. The van der Waals surface area contributed by atoms with Crippen LogP contribution in [0.5, 0.6) is 5.75 Å². The fourth-order valence-corrected chi connectivity index (χ4v) is 3.48. The number of hydrogen-bond acceptors (Lipinski definition) is 7. The molecule has 1 N–H and O–H groups in total. The van der Waals surface area contributed by atoms with Crippen molar-refractivity contribution in [2.45, 2.75) is 25.5 Å². The molecule has 0 spiro atoms. The van der Waals surface area contributed by atoms with Gasteiger partial charge in [-0.25, -0.2) is 9.07 Å². The van der Waals surface area contributed by atoms with E-state index in [1.165, 1.54) is 23.0 Å². The van der Waals surface area contributed by atoms with Gasteiger partial charge in [0.2, 0.25) is 0 Å². The van der Waals surface area contributed by atoms with Gasteiger partial charge in [-0.1, -0.05) is 0 Å². The summed E-state index contributed by atoms with van der Waals surface area (Å²) in [5.74, 6) is -0.241. The molecule has 1 aromatic carbocycles. The fraction of sp³-hybridized carbons (Fsp3) is 0.333. The van der Waals surface area contributed by atoms with Crippen LogP contribution in [0.3, 0.4) is 0 Å². The number of rotatable bonds is 6. The molecule has 0 amide bonds. The third-order valence-corrected chi connectivity index (χ3v) is 5.20. The first-order valence-electron chi connectivity index (χ1n) is 8.94. The molecule has 4 rings (SSSR count). The number of carboxylic acid groups (broad SMARTS) is 1. The van der Waals surface area contributed by atoms with Gasteiger partial charge < -0.3 is 19.3 Å². The van der Waals surface area contributed by atoms with E-state index in [1.807, 2.05) is 4.90 Å². The third-order valence-electron chi connectivity index (χ3n) is 4.55. The van der Waals surface area contributed by atoms with Crippen LogP contribution < -0.4 is 9.64 Å². The molecule has 0 bridgehead atoms. The average Bonchev–Trinajstić information content (AvgIpc) is 3.34. The van der Waals surface area contributed by atoms with Gasteiger partial charge in [-0.15, -0.1) is 0 Å². The third kappa shape index (κ3) is 4.39. The summed E-state index contributed by atoms with van der Waals surface area (Å²) in [6, 6.07) is 5.98. The minimum absolute atomic E-state index is 0.0484. The molecule has 1 saturated heterocycles. The van der Waals surface area contributed by atoms with Crippen molar-refractivity contribution in [2.75, 3.05) is 18.0 Å². The van der Waals surface area contributed by atoms with E-state index < -0.39 is 5.97 Å². The van der Waals surface area contributed by atoms with Crippen molar-refractivity contribution in [3.63, 3.8) is 0 Å². The van der Waals surface area contributed by atoms with Crippen LogP contribution in [0.25, 0.3) is 11.6 Å². The SMILES string of the molecule is O=C(O)Cn1nccc1-c1nc(N2CCC(Oc3cc(F)ccc3Br)CC2)no1. The monoisotopic (exact) mass is 465 g/mol. The molecule has 2 aromatic heterocycles. The maximum atomic E-state index is 13.4. The molecular weight excluding hydrogens is 449 g/mol. The highest BCUT2D eigenvalue weighted by molar-refractivity contribution is 9.10. The molecule has 0 atom stereocenters. The predicted octanol–water partition coefficient (Wildman–Crippen LogP) is 2.97. The Balaban J connectivity index is 1.39. The van der Waals surface area contributed by atoms with Crippen LogP contribution in [0.4, 0.5) is 10.3 Å². The fourth-order valence-electron chi connectivity index (χ4n) is 3.14. The van der Waals surface area contributed by atoms with Crippen LogP contribution in [-0.4, -0.2) is 50.2 Å². The number of anilines is 1. The quantitative estimate of drug-likeness (QED) is 0.591. The van der Waals surface area contributed by atoms with Crippen molar-refractivity contribution in [3.05, 3.63) is 40.8 Å². The number of nitrogens with zero attached hydrogens (tertiary/aromatic N) is 5. The van der Waals surface area contributed by atoms with E-state index in [4.69, 9.17) is 14.4 Å². The molecule has 1 fully saturated rings. The number of aromatic nitrogens is 4. The van der Waals surface area contributed by atoms with Crippen LogP contribution in [0.15, 0.2) is 39.5 Å². The Morgan fingerprint density at radius 3 is 2.90 bits per heavy atom. The molecule has 9 nitrogen and oxygen atoms in total. The maximum Gasteiger partial charge on any atom is 0.325 e. The zero-order valence-corrected chi connectivity index (χ0v) is 16.7. The Labute approximate surface area is 173 Å². The lowest BCUT2D eigenvalue weighted by molar-refractivity contribution is -0.137. The first-order valence-corrected chi connectivity index (χ1v) is 9.73. The molecule has 0 aliphatic carbocycles. The number of halogens is 2. The lowest BCUT2D eigenvalue weighted by Crippen LogP contribution is -2.38. The van der Waals surface area contributed by atoms with Gasteiger partial charge in [0.15, 0.2) is 0 Å². The van der Waals surface area contributed by atoms with Crippen LogP contribution in [-0.2, 0) is 11.3 Å². The molecular formula is C18H17BrFN5O4. The standard InChI is InChI=1S/C18H17BrFN5O4/c19-13-2-1-11(20)9-15(13)28-12-4-7-24(8-5-12)18-22-17(29-23-18)14-3-6-21-25(14)10-16(26)27/h1-3,6,9,12H,4-5,7-8,10H2,(H,26,27). The molecule has 0 radical (unpaired) electrons. The minimum atomic E-state index is -1.01. The Hall–Kier alpha value is -2.95. The molecule has 3 heterocycles. The summed E-state index contributed by atoms with van der Waals surface area (Å²) in [4.78, 5) is 17.3. The highest BCUT2D eigenvalue weighted by Crippen LogP contribution is 2.29. The number of benzene rings is 1. The lowest BCUT2D eigenvalue weighted by atomic mass is 10.1. The van der Waals surface area contributed by atoms with Crippen molar-refractivity contribution >= 4 is 27.8 Å². The summed E-state index contributed by atoms with van der Waals surface area (Å²) in [7, 11) is 0. The van der Waals surface area contributed by atoms with Crippen molar-refractivity contribution in [1.82, 2.24) is 19.9 Å². The topological polar surface area (TPSA) is 107 Å². The van der Waals surface area contributed by atoms with Gasteiger partial charge in [-0.3, -0.25) is 4.79 Å². The number of hydrogen-bond donors (Lipinski definition) is 1. The van der Waals surface area contributed by atoms with E-state index in [-0.39, 0.29) is 24.4 Å². The summed E-state index contributed by atoms with van der Waals surface area (Å²) in [5, 5.41) is 16.9. The van der Waals surface area contributed by atoms with Crippen molar-refractivity contribution < 1.29 is 23.6 Å². The molecule has 0 saturated carbocycles. The highest BCUT2D eigenvalue weighted by atomic mass is 79.9. The van der Waals surface area contributed by atoms with E-state index in [0.717, 1.165) is 0 Å². The highest BCUT2D eigenvalue weighted by Gasteiger charge is 2.25. The second kappa shape index (κ2) is 8.19. The van der Waals surface area contributed by atoms with Gasteiger partial charge >= 0.3 is 5.97 Å². The predicted molar refractivity (Wildman–Crippen MR) is 103 cm³/mol. The van der Waals surface area contributed by atoms with Gasteiger partial charge in [-0.05, 0) is 39.3 Å². The van der Waals surface area contributed by atoms with E-state index in [0.29, 0.717) is 47.8 Å². The largest absolute Gasteiger partial charge is 0.489 e. The average molecular weight is 466 g/mol. The van der Waals surface area contributed by atoms with E-state index in [2.05, 4.69) is 31.2 Å². The van der Waals surface area contributed by atoms with Gasteiger partial charge in [-0.2, -0.15) is 10.1 Å². The Morgan fingerprint density at radius 1 is 1.34 bits per heavy atom. The second-order valence-corrected chi connectivity index (χ2v) is 7.40. The van der Waals surface area contributed by atoms with Gasteiger partial charge in [0, 0.05) is 38.2 Å². The van der Waals surface area contributed by atoms with Crippen LogP contribution in [0.2, 0.25) is 0 Å². The summed E-state index contributed by atoms with van der Waals surface area (Å²) in [5.41, 5.74) is 0.445. The van der Waals surface area contributed by atoms with Crippen molar-refractivity contribution in [3.8, 4) is 17.3 Å². The smallest absolute Gasteiger partial charge is 0.325 e. The van der Waals surface area contributed by atoms with Crippen LogP contribution >= 0.6 is 15.9 Å². The number of piperidine rings is 1. The molecule has 3 aromatic rings. The summed E-state index contributed by atoms with van der Waals surface area (Å²) < 4.78 is 26.6. The van der Waals surface area contributed by atoms with Crippen molar-refractivity contribution in [2.24, 2.45) is 0 Å². The Bertz CT molecular complexity index is 1020. The van der Waals surface area contributed by atoms with E-state index >= 15 is 0 Å². The number of ether oxygens (including phenoxy) is 1. The molecule has 0 unspecified atom stereocenters. The molecule has 1 aliphatic rings. The molecule has 152 valence electrons. The van der Waals surface area contributed by atoms with Crippen LogP contribution in [0, 0.1) is 5.82 Å². The van der Waals surface area contributed by atoms with E-state index in [1.54, 1.807) is 12.1 Å². The van der Waals surface area contributed by atoms with E-state index in [9.17, 15) is 9.18 Å². The molecule has 11 heteroatoms. The first kappa shape index (κ1) is 19.4. The van der Waals surface area contributed by atoms with Crippen molar-refractivity contribution in [1.29, 1.82) is 0 Å². The number of carboxylic acids is 1. The molecule has 29 heavy (non-hydrogen) atoms. The second-order valence-electron chi connectivity index (χ2n) is 6.55. The zero-order valence-electron chi connectivity index (χ0n) is 15.2. The minimum Gasteiger partial charge on any atom is -0.489 e. The summed E-state index contributed by atoms with van der Waals surface area (Å²) in [6.45, 7) is 0.994. The normalized spacial score (nSPS) is 14.9. The summed E-state index contributed by atoms with van der Waals surface area (Å²) in [6.07, 6.45) is 2.86. The Morgan fingerprint density at radius 2 is 2.14 bits per heavy atom. The van der Waals surface area contributed by atoms with Crippen LogP contribution in [0.1, 0.15) is 12.8 Å². The number of carbonyl (C=O) groups is 1. The summed E-state index contributed by atoms with van der Waals surface area (Å²) >= 11 is 3.37. The molecule has 1 aliphatic heterocycles. The maximum absolute atomic E-state index is 13.4. The number of aliphatic carboxylic acids is 1. The Kier molecular flexibility index (Phi) is 5.47. The first-order chi connectivity index (χ1) is 14.0. The van der Waals surface area contributed by atoms with Gasteiger partial charge in [0.1, 0.15) is 29.9 Å².